The van der Waals surface area contributed by atoms with E-state index in [-0.39, 0.29) is 17.2 Å². The van der Waals surface area contributed by atoms with Gasteiger partial charge < -0.3 is 5.32 Å². The predicted octanol–water partition coefficient (Wildman–Crippen LogP) is 4.65. The number of aryl methyl sites for hydroxylation is 1. The number of benzene rings is 1. The average molecular weight is 410 g/mol. The Labute approximate surface area is 175 Å². The molecular formula is C22H27N5OS. The van der Waals surface area contributed by atoms with Crippen LogP contribution in [0.1, 0.15) is 51.0 Å². The normalized spacial score (nSPS) is 14.6. The molecule has 0 bridgehead atoms. The third-order valence-electron chi connectivity index (χ3n) is 5.18. The maximum atomic E-state index is 12.9. The Kier molecular flexibility index (Phi) is 5.76. The van der Waals surface area contributed by atoms with Crippen LogP contribution in [0.5, 0.6) is 0 Å². The highest BCUT2D eigenvalue weighted by Crippen LogP contribution is 2.32. The summed E-state index contributed by atoms with van der Waals surface area (Å²) >= 11 is 1.51. The highest BCUT2D eigenvalue weighted by molar-refractivity contribution is 8.00. The molecule has 0 aliphatic heterocycles. The minimum absolute atomic E-state index is 0.0435. The summed E-state index contributed by atoms with van der Waals surface area (Å²) in [4.78, 5) is 17.8. The fraction of sp³-hybridized carbons (Fsp3) is 0.409. The Morgan fingerprint density at radius 3 is 2.62 bits per heavy atom. The average Bonchev–Trinajstić information content (AvgIpc) is 3.32. The van der Waals surface area contributed by atoms with Crippen LogP contribution in [-0.2, 0) is 17.6 Å². The minimum atomic E-state index is -0.281. The van der Waals surface area contributed by atoms with Gasteiger partial charge in [-0.05, 0) is 58.6 Å². The molecule has 1 amide bonds. The molecule has 0 radical (unpaired) electrons. The minimum Gasteiger partial charge on any atom is -0.310 e. The maximum absolute atomic E-state index is 12.9. The third kappa shape index (κ3) is 4.10. The number of imidazole rings is 1. The number of nitrogens with zero attached hydrogens (tertiary/aromatic N) is 4. The molecule has 0 saturated heterocycles. The van der Waals surface area contributed by atoms with Crippen molar-refractivity contribution in [1.82, 2.24) is 19.3 Å². The van der Waals surface area contributed by atoms with E-state index < -0.39 is 0 Å². The first-order valence-corrected chi connectivity index (χ1v) is 11.1. The van der Waals surface area contributed by atoms with Gasteiger partial charge in [-0.15, -0.1) is 0 Å². The van der Waals surface area contributed by atoms with Crippen LogP contribution in [0.4, 0.5) is 5.82 Å². The van der Waals surface area contributed by atoms with Crippen molar-refractivity contribution >= 4 is 23.5 Å². The van der Waals surface area contributed by atoms with Gasteiger partial charge in [0, 0.05) is 23.5 Å². The summed E-state index contributed by atoms with van der Waals surface area (Å²) in [6.45, 7) is 6.02. The molecule has 0 saturated carbocycles. The van der Waals surface area contributed by atoms with Crippen molar-refractivity contribution in [2.75, 3.05) is 5.32 Å². The van der Waals surface area contributed by atoms with E-state index >= 15 is 0 Å². The van der Waals surface area contributed by atoms with Crippen LogP contribution in [0.3, 0.4) is 0 Å². The molecule has 1 atom stereocenters. The van der Waals surface area contributed by atoms with E-state index in [0.29, 0.717) is 0 Å². The van der Waals surface area contributed by atoms with Crippen LogP contribution >= 0.6 is 11.8 Å². The van der Waals surface area contributed by atoms with Gasteiger partial charge >= 0.3 is 0 Å². The number of thioether (sulfide) groups is 1. The quantitative estimate of drug-likeness (QED) is 0.602. The second kappa shape index (κ2) is 8.45. The van der Waals surface area contributed by atoms with E-state index in [1.165, 1.54) is 36.0 Å². The summed E-state index contributed by atoms with van der Waals surface area (Å²) in [5.41, 5.74) is 3.57. The van der Waals surface area contributed by atoms with Crippen LogP contribution in [0.25, 0.3) is 5.69 Å². The summed E-state index contributed by atoms with van der Waals surface area (Å²) < 4.78 is 4.06. The SMILES string of the molecule is CC(Sc1nc2c(n1-c1ccccc1)CCCC2)C(=O)Nc1ccnn1C(C)C. The second-order valence-electron chi connectivity index (χ2n) is 7.67. The summed E-state index contributed by atoms with van der Waals surface area (Å²) in [7, 11) is 0. The zero-order valence-corrected chi connectivity index (χ0v) is 17.9. The molecular weight excluding hydrogens is 382 g/mol. The molecule has 29 heavy (non-hydrogen) atoms. The number of fused-ring (bicyclic) bond motifs is 1. The maximum Gasteiger partial charge on any atom is 0.238 e. The lowest BCUT2D eigenvalue weighted by molar-refractivity contribution is -0.115. The number of hydrogen-bond donors (Lipinski definition) is 1. The molecule has 0 fully saturated rings. The van der Waals surface area contributed by atoms with Crippen LogP contribution in [0.2, 0.25) is 0 Å². The molecule has 2 heterocycles. The smallest absolute Gasteiger partial charge is 0.238 e. The van der Waals surface area contributed by atoms with Gasteiger partial charge in [0.15, 0.2) is 5.16 Å². The number of aromatic nitrogens is 4. The second-order valence-corrected chi connectivity index (χ2v) is 8.98. The largest absolute Gasteiger partial charge is 0.310 e. The topological polar surface area (TPSA) is 64.7 Å². The van der Waals surface area contributed by atoms with Gasteiger partial charge in [-0.25, -0.2) is 9.67 Å². The molecule has 152 valence electrons. The molecule has 1 aliphatic rings. The lowest BCUT2D eigenvalue weighted by Gasteiger charge is -2.17. The molecule has 1 aliphatic carbocycles. The number of rotatable bonds is 6. The molecule has 2 aromatic heterocycles. The number of amides is 1. The van der Waals surface area contributed by atoms with Gasteiger partial charge in [-0.2, -0.15) is 5.10 Å². The van der Waals surface area contributed by atoms with Gasteiger partial charge in [-0.1, -0.05) is 30.0 Å². The van der Waals surface area contributed by atoms with Crippen molar-refractivity contribution in [2.24, 2.45) is 0 Å². The van der Waals surface area contributed by atoms with Crippen LogP contribution in [-0.4, -0.2) is 30.5 Å². The van der Waals surface area contributed by atoms with Gasteiger partial charge in [0.1, 0.15) is 5.82 Å². The number of nitrogens with one attached hydrogen (secondary N) is 1. The lowest BCUT2D eigenvalue weighted by Crippen LogP contribution is -2.25. The summed E-state index contributed by atoms with van der Waals surface area (Å²) in [6, 6.07) is 12.3. The molecule has 3 aromatic rings. The number of carbonyl (C=O) groups is 1. The number of para-hydroxylation sites is 1. The van der Waals surface area contributed by atoms with Crippen molar-refractivity contribution in [3.8, 4) is 5.69 Å². The summed E-state index contributed by atoms with van der Waals surface area (Å²) in [5, 5.41) is 7.92. The van der Waals surface area contributed by atoms with E-state index in [1.807, 2.05) is 49.7 Å². The van der Waals surface area contributed by atoms with Gasteiger partial charge in [0.05, 0.1) is 17.1 Å². The number of anilines is 1. The highest BCUT2D eigenvalue weighted by Gasteiger charge is 2.25. The molecule has 1 aromatic carbocycles. The van der Waals surface area contributed by atoms with Crippen LogP contribution in [0, 0.1) is 0 Å². The van der Waals surface area contributed by atoms with Crippen LogP contribution < -0.4 is 5.32 Å². The summed E-state index contributed by atoms with van der Waals surface area (Å²) in [6.07, 6.45) is 6.12. The van der Waals surface area contributed by atoms with E-state index in [4.69, 9.17) is 4.98 Å². The zero-order chi connectivity index (χ0) is 20.4. The summed E-state index contributed by atoms with van der Waals surface area (Å²) in [5.74, 6) is 0.682. The Morgan fingerprint density at radius 1 is 1.10 bits per heavy atom. The molecule has 4 rings (SSSR count). The van der Waals surface area contributed by atoms with Crippen molar-refractivity contribution in [2.45, 2.75) is 62.9 Å². The fourth-order valence-corrected chi connectivity index (χ4v) is 4.67. The molecule has 6 nitrogen and oxygen atoms in total. The fourth-order valence-electron chi connectivity index (χ4n) is 3.70. The Hall–Kier alpha value is -2.54. The lowest BCUT2D eigenvalue weighted by atomic mass is 10.0. The number of carbonyl (C=O) groups excluding carboxylic acids is 1. The highest BCUT2D eigenvalue weighted by atomic mass is 32.2. The predicted molar refractivity (Wildman–Crippen MR) is 117 cm³/mol. The van der Waals surface area contributed by atoms with Crippen molar-refractivity contribution in [3.05, 3.63) is 54.0 Å². The van der Waals surface area contributed by atoms with Crippen LogP contribution in [0.15, 0.2) is 47.8 Å². The van der Waals surface area contributed by atoms with Gasteiger partial charge in [-0.3, -0.25) is 9.36 Å². The molecule has 1 N–H and O–H groups in total. The van der Waals surface area contributed by atoms with Gasteiger partial charge in [0.25, 0.3) is 0 Å². The zero-order valence-electron chi connectivity index (χ0n) is 17.1. The Morgan fingerprint density at radius 2 is 1.86 bits per heavy atom. The van der Waals surface area contributed by atoms with Crippen molar-refractivity contribution in [1.29, 1.82) is 0 Å². The van der Waals surface area contributed by atoms with Crippen molar-refractivity contribution in [3.63, 3.8) is 0 Å². The Balaban J connectivity index is 1.58. The van der Waals surface area contributed by atoms with Gasteiger partial charge in [0.2, 0.25) is 5.91 Å². The molecule has 7 heteroatoms. The standard InChI is InChI=1S/C22H27N5OS/c1-15(2)27-20(13-14-23-27)25-21(28)16(3)29-22-24-18-11-7-8-12-19(18)26(22)17-9-5-4-6-10-17/h4-6,9-10,13-16H,7-8,11-12H2,1-3H3,(H,25,28). The Bertz CT molecular complexity index is 992. The monoisotopic (exact) mass is 409 g/mol. The first-order valence-electron chi connectivity index (χ1n) is 10.2. The molecule has 1 unspecified atom stereocenters. The van der Waals surface area contributed by atoms with E-state index in [1.54, 1.807) is 6.20 Å². The molecule has 0 spiro atoms. The third-order valence-corrected chi connectivity index (χ3v) is 6.23. The van der Waals surface area contributed by atoms with E-state index in [2.05, 4.69) is 27.1 Å². The number of hydrogen-bond acceptors (Lipinski definition) is 4. The van der Waals surface area contributed by atoms with Crippen molar-refractivity contribution < 1.29 is 4.79 Å². The van der Waals surface area contributed by atoms with E-state index in [0.717, 1.165) is 29.5 Å². The first-order chi connectivity index (χ1) is 14.0. The first kappa shape index (κ1) is 19.8. The van der Waals surface area contributed by atoms with E-state index in [9.17, 15) is 4.79 Å².